The molecular weight excluding hydrogens is 278 g/mol. The van der Waals surface area contributed by atoms with Gasteiger partial charge in [0.05, 0.1) is 13.2 Å². The van der Waals surface area contributed by atoms with Gasteiger partial charge in [0.15, 0.2) is 0 Å². The molecule has 1 N–H and O–H groups in total. The first kappa shape index (κ1) is 16.1. The highest BCUT2D eigenvalue weighted by molar-refractivity contribution is 7.86. The van der Waals surface area contributed by atoms with Crippen molar-refractivity contribution >= 4 is 22.6 Å². The largest absolute Gasteiger partial charge is 0.379 e. The van der Waals surface area contributed by atoms with Crippen molar-refractivity contribution in [2.24, 2.45) is 0 Å². The summed E-state index contributed by atoms with van der Waals surface area (Å²) in [6, 6.07) is 0.407. The molecule has 2 unspecified atom stereocenters. The molecule has 108 valence electrons. The number of piperazine rings is 1. The van der Waals surface area contributed by atoms with Crippen molar-refractivity contribution in [2.45, 2.75) is 25.9 Å². The van der Waals surface area contributed by atoms with E-state index in [4.69, 9.17) is 4.74 Å². The topological polar surface area (TPSA) is 61.9 Å². The molecule has 2 saturated heterocycles. The van der Waals surface area contributed by atoms with Gasteiger partial charge < -0.3 is 10.1 Å². The van der Waals surface area contributed by atoms with E-state index in [1.165, 1.54) is 4.31 Å². The second-order valence-corrected chi connectivity index (χ2v) is 6.73. The van der Waals surface area contributed by atoms with E-state index in [0.717, 1.165) is 0 Å². The minimum absolute atomic E-state index is 0. The number of nitrogens with one attached hydrogen (secondary N) is 1. The van der Waals surface area contributed by atoms with Gasteiger partial charge in [0.25, 0.3) is 10.2 Å². The summed E-state index contributed by atoms with van der Waals surface area (Å²) in [5.41, 5.74) is 0. The van der Waals surface area contributed by atoms with E-state index in [9.17, 15) is 8.42 Å². The minimum Gasteiger partial charge on any atom is -0.379 e. The normalized spacial score (nSPS) is 31.9. The van der Waals surface area contributed by atoms with Gasteiger partial charge in [-0.25, -0.2) is 0 Å². The summed E-state index contributed by atoms with van der Waals surface area (Å²) in [6.45, 7) is 7.04. The third kappa shape index (κ3) is 3.55. The molecule has 0 radical (unpaired) electrons. The van der Waals surface area contributed by atoms with Crippen molar-refractivity contribution in [1.82, 2.24) is 13.9 Å². The van der Waals surface area contributed by atoms with Crippen LogP contribution in [0.4, 0.5) is 0 Å². The van der Waals surface area contributed by atoms with Crippen LogP contribution in [-0.4, -0.2) is 68.5 Å². The zero-order valence-electron chi connectivity index (χ0n) is 10.8. The lowest BCUT2D eigenvalue weighted by molar-refractivity contribution is 0.0691. The molecule has 0 spiro atoms. The molecule has 2 atom stereocenters. The fraction of sp³-hybridized carbons (Fsp3) is 1.00. The third-order valence-corrected chi connectivity index (χ3v) is 5.12. The first-order valence-corrected chi connectivity index (χ1v) is 7.49. The van der Waals surface area contributed by atoms with Gasteiger partial charge in [0.2, 0.25) is 0 Å². The lowest BCUT2D eigenvalue weighted by atomic mass is 10.2. The summed E-state index contributed by atoms with van der Waals surface area (Å²) in [5, 5.41) is 3.33. The van der Waals surface area contributed by atoms with Crippen molar-refractivity contribution in [1.29, 1.82) is 0 Å². The molecule has 2 rings (SSSR count). The van der Waals surface area contributed by atoms with Gasteiger partial charge in [-0.1, -0.05) is 0 Å². The molecule has 6 nitrogen and oxygen atoms in total. The van der Waals surface area contributed by atoms with Crippen molar-refractivity contribution < 1.29 is 13.2 Å². The number of hydrogen-bond donors (Lipinski definition) is 1. The standard InChI is InChI=1S/C10H21N3O3S.ClH/c1-9-7-13(8-10(2)11-9)17(14,15)12-3-5-16-6-4-12;/h9-11H,3-8H2,1-2H3;1H. The molecule has 2 aliphatic heterocycles. The van der Waals surface area contributed by atoms with Crippen molar-refractivity contribution in [2.75, 3.05) is 39.4 Å². The fourth-order valence-corrected chi connectivity index (χ4v) is 4.17. The number of ether oxygens (including phenoxy) is 1. The van der Waals surface area contributed by atoms with E-state index in [1.807, 2.05) is 13.8 Å². The monoisotopic (exact) mass is 299 g/mol. The molecule has 0 bridgehead atoms. The van der Waals surface area contributed by atoms with E-state index in [-0.39, 0.29) is 24.5 Å². The Morgan fingerprint density at radius 1 is 1.06 bits per heavy atom. The summed E-state index contributed by atoms with van der Waals surface area (Å²) in [7, 11) is -3.30. The Bertz CT molecular complexity index is 349. The Morgan fingerprint density at radius 2 is 1.56 bits per heavy atom. The van der Waals surface area contributed by atoms with Gasteiger partial charge in [0, 0.05) is 38.3 Å². The number of morpholine rings is 1. The molecule has 0 aromatic rings. The lowest BCUT2D eigenvalue weighted by Gasteiger charge is -2.38. The van der Waals surface area contributed by atoms with Crippen molar-refractivity contribution in [3.05, 3.63) is 0 Å². The molecule has 0 saturated carbocycles. The minimum atomic E-state index is -3.30. The highest BCUT2D eigenvalue weighted by atomic mass is 35.5. The Hall–Kier alpha value is 0.0800. The lowest BCUT2D eigenvalue weighted by Crippen LogP contribution is -2.59. The highest BCUT2D eigenvalue weighted by Crippen LogP contribution is 2.15. The second kappa shape index (κ2) is 6.49. The second-order valence-electron chi connectivity index (χ2n) is 4.80. The molecule has 2 heterocycles. The molecule has 0 aromatic carbocycles. The number of hydrogen-bond acceptors (Lipinski definition) is 4. The van der Waals surface area contributed by atoms with Crippen molar-refractivity contribution in [3.8, 4) is 0 Å². The highest BCUT2D eigenvalue weighted by Gasteiger charge is 2.35. The summed E-state index contributed by atoms with van der Waals surface area (Å²) < 4.78 is 33.1. The Kier molecular flexibility index (Phi) is 5.82. The summed E-state index contributed by atoms with van der Waals surface area (Å²) >= 11 is 0. The predicted molar refractivity (Wildman–Crippen MR) is 72.2 cm³/mol. The van der Waals surface area contributed by atoms with Crippen LogP contribution in [0, 0.1) is 0 Å². The Labute approximate surface area is 115 Å². The molecule has 8 heteroatoms. The number of nitrogens with zero attached hydrogens (tertiary/aromatic N) is 2. The van der Waals surface area contributed by atoms with Crippen LogP contribution in [0.25, 0.3) is 0 Å². The van der Waals surface area contributed by atoms with Crippen LogP contribution in [0.5, 0.6) is 0 Å². The SMILES string of the molecule is CC1CN(S(=O)(=O)N2CCOCC2)CC(C)N1.Cl. The van der Waals surface area contributed by atoms with Crippen LogP contribution in [0.1, 0.15) is 13.8 Å². The summed E-state index contributed by atoms with van der Waals surface area (Å²) in [4.78, 5) is 0. The smallest absolute Gasteiger partial charge is 0.282 e. The zero-order chi connectivity index (χ0) is 12.5. The first-order chi connectivity index (χ1) is 8.00. The van der Waals surface area contributed by atoms with Gasteiger partial charge in [0.1, 0.15) is 0 Å². The van der Waals surface area contributed by atoms with Crippen LogP contribution in [0.15, 0.2) is 0 Å². The molecule has 0 amide bonds. The average Bonchev–Trinajstić information content (AvgIpc) is 2.29. The van der Waals surface area contributed by atoms with Crippen LogP contribution in [0.3, 0.4) is 0 Å². The molecule has 2 fully saturated rings. The number of rotatable bonds is 2. The molecular formula is C10H22ClN3O3S. The van der Waals surface area contributed by atoms with Crippen LogP contribution in [0.2, 0.25) is 0 Å². The van der Waals surface area contributed by atoms with Gasteiger partial charge in [-0.05, 0) is 13.8 Å². The molecule has 0 aromatic heterocycles. The van der Waals surface area contributed by atoms with Gasteiger partial charge in [-0.2, -0.15) is 17.0 Å². The van der Waals surface area contributed by atoms with Crippen molar-refractivity contribution in [3.63, 3.8) is 0 Å². The van der Waals surface area contributed by atoms with E-state index < -0.39 is 10.2 Å². The summed E-state index contributed by atoms with van der Waals surface area (Å²) in [5.74, 6) is 0. The Balaban J connectivity index is 0.00000162. The fourth-order valence-electron chi connectivity index (χ4n) is 2.41. The first-order valence-electron chi connectivity index (χ1n) is 6.09. The van der Waals surface area contributed by atoms with Gasteiger partial charge >= 0.3 is 0 Å². The van der Waals surface area contributed by atoms with Gasteiger partial charge in [-0.15, -0.1) is 12.4 Å². The molecule has 2 aliphatic rings. The molecule has 0 aliphatic carbocycles. The summed E-state index contributed by atoms with van der Waals surface area (Å²) in [6.07, 6.45) is 0. The number of halogens is 1. The van der Waals surface area contributed by atoms with Crippen LogP contribution < -0.4 is 5.32 Å². The quantitative estimate of drug-likeness (QED) is 0.758. The van der Waals surface area contributed by atoms with Gasteiger partial charge in [-0.3, -0.25) is 0 Å². The third-order valence-electron chi connectivity index (χ3n) is 3.15. The zero-order valence-corrected chi connectivity index (χ0v) is 12.5. The van der Waals surface area contributed by atoms with E-state index in [0.29, 0.717) is 39.4 Å². The van der Waals surface area contributed by atoms with E-state index in [2.05, 4.69) is 5.32 Å². The van der Waals surface area contributed by atoms with Crippen LogP contribution in [-0.2, 0) is 14.9 Å². The predicted octanol–water partition coefficient (Wildman–Crippen LogP) is -0.333. The Morgan fingerprint density at radius 3 is 2.06 bits per heavy atom. The molecule has 18 heavy (non-hydrogen) atoms. The van der Waals surface area contributed by atoms with E-state index in [1.54, 1.807) is 4.31 Å². The average molecular weight is 300 g/mol. The van der Waals surface area contributed by atoms with E-state index >= 15 is 0 Å². The maximum Gasteiger partial charge on any atom is 0.282 e. The maximum atomic E-state index is 12.4. The van der Waals surface area contributed by atoms with Crippen LogP contribution >= 0.6 is 12.4 Å². The maximum absolute atomic E-state index is 12.4.